The van der Waals surface area contributed by atoms with Crippen LogP contribution in [-0.2, 0) is 16.0 Å². The summed E-state index contributed by atoms with van der Waals surface area (Å²) in [6.07, 6.45) is 0.371. The van der Waals surface area contributed by atoms with E-state index in [2.05, 4.69) is 5.32 Å². The van der Waals surface area contributed by atoms with Crippen LogP contribution < -0.4 is 5.32 Å². The molecule has 1 fully saturated rings. The number of nitrogens with zero attached hydrogens (tertiary/aromatic N) is 1. The van der Waals surface area contributed by atoms with Crippen molar-refractivity contribution < 1.29 is 9.59 Å². The summed E-state index contributed by atoms with van der Waals surface area (Å²) in [5, 5.41) is 12.5. The molecule has 21 heavy (non-hydrogen) atoms. The van der Waals surface area contributed by atoms with Gasteiger partial charge in [0.25, 0.3) is 0 Å². The van der Waals surface area contributed by atoms with Gasteiger partial charge in [0.05, 0.1) is 10.3 Å². The Morgan fingerprint density at radius 2 is 2.19 bits per heavy atom. The van der Waals surface area contributed by atoms with Crippen molar-refractivity contribution in [2.24, 2.45) is 0 Å². The highest BCUT2D eigenvalue weighted by atomic mass is 35.5. The molecule has 1 heterocycles. The third-order valence-corrected chi connectivity index (χ3v) is 4.70. The Morgan fingerprint density at radius 1 is 1.48 bits per heavy atom. The molecule has 1 N–H and O–H groups in total. The molecular formula is C14H10Cl2N2O2S. The van der Waals surface area contributed by atoms with E-state index in [4.69, 9.17) is 28.5 Å². The minimum Gasteiger partial charge on any atom is -0.318 e. The molecule has 1 unspecified atom stereocenters. The Hall–Kier alpha value is -1.48. The summed E-state index contributed by atoms with van der Waals surface area (Å²) in [6.45, 7) is 1.29. The number of benzene rings is 1. The zero-order chi connectivity index (χ0) is 15.6. The fourth-order valence-electron chi connectivity index (χ4n) is 1.86. The maximum Gasteiger partial charge on any atom is 0.238 e. The first kappa shape index (κ1) is 15.9. The van der Waals surface area contributed by atoms with Crippen molar-refractivity contribution in [1.29, 1.82) is 5.26 Å². The highest BCUT2D eigenvalue weighted by Crippen LogP contribution is 2.33. The van der Waals surface area contributed by atoms with Crippen molar-refractivity contribution in [1.82, 2.24) is 5.32 Å². The van der Waals surface area contributed by atoms with Crippen LogP contribution in [0.25, 0.3) is 0 Å². The van der Waals surface area contributed by atoms with Crippen LogP contribution in [0, 0.1) is 11.3 Å². The van der Waals surface area contributed by atoms with Gasteiger partial charge in [0.15, 0.2) is 5.78 Å². The second-order valence-electron chi connectivity index (χ2n) is 4.41. The number of allylic oxidation sites excluding steroid dienone is 1. The minimum atomic E-state index is -0.446. The lowest BCUT2D eigenvalue weighted by Crippen LogP contribution is -2.24. The molecule has 1 aromatic rings. The maximum absolute atomic E-state index is 12.0. The van der Waals surface area contributed by atoms with Crippen LogP contribution in [-0.4, -0.2) is 16.9 Å². The number of nitrogens with one attached hydrogen (secondary N) is 1. The molecular weight excluding hydrogens is 331 g/mol. The molecule has 0 saturated carbocycles. The SMILES string of the molecule is CC(=O)C(C#N)=C1NC(=O)C(Cc2cc(Cl)ccc2Cl)S1. The van der Waals surface area contributed by atoms with Gasteiger partial charge in [0.2, 0.25) is 5.91 Å². The van der Waals surface area contributed by atoms with E-state index in [0.717, 1.165) is 17.3 Å². The van der Waals surface area contributed by atoms with Crippen molar-refractivity contribution in [3.05, 3.63) is 44.4 Å². The number of hydrogen-bond donors (Lipinski definition) is 1. The molecule has 1 aliphatic heterocycles. The van der Waals surface area contributed by atoms with E-state index in [9.17, 15) is 9.59 Å². The van der Waals surface area contributed by atoms with Crippen LogP contribution in [0.15, 0.2) is 28.8 Å². The number of ketones is 1. The fourth-order valence-corrected chi connectivity index (χ4v) is 3.43. The van der Waals surface area contributed by atoms with Gasteiger partial charge < -0.3 is 5.32 Å². The number of halogens is 2. The average Bonchev–Trinajstić information content (AvgIpc) is 2.75. The Labute approximate surface area is 136 Å². The van der Waals surface area contributed by atoms with E-state index < -0.39 is 5.25 Å². The summed E-state index contributed by atoms with van der Waals surface area (Å²) in [5.41, 5.74) is 0.715. The van der Waals surface area contributed by atoms with Gasteiger partial charge in [-0.15, -0.1) is 0 Å². The molecule has 7 heteroatoms. The molecule has 4 nitrogen and oxygen atoms in total. The number of thioether (sulfide) groups is 1. The second kappa shape index (κ2) is 6.52. The summed E-state index contributed by atoms with van der Waals surface area (Å²) in [5.74, 6) is -0.623. The molecule has 1 saturated heterocycles. The molecule has 1 aliphatic rings. The molecule has 0 aromatic heterocycles. The summed E-state index contributed by atoms with van der Waals surface area (Å²) in [4.78, 5) is 23.3. The molecule has 2 rings (SSSR count). The Balaban J connectivity index is 2.24. The van der Waals surface area contributed by atoms with Crippen LogP contribution >= 0.6 is 35.0 Å². The van der Waals surface area contributed by atoms with Crippen LogP contribution in [0.5, 0.6) is 0 Å². The number of amides is 1. The van der Waals surface area contributed by atoms with Crippen molar-refractivity contribution in [2.75, 3.05) is 0 Å². The van der Waals surface area contributed by atoms with Crippen molar-refractivity contribution >= 4 is 46.7 Å². The highest BCUT2D eigenvalue weighted by Gasteiger charge is 2.32. The standard InChI is InChI=1S/C14H10Cl2N2O2S/c1-7(19)10(6-17)14-18-13(20)12(21-14)5-8-4-9(15)2-3-11(8)16/h2-4,12H,5H2,1H3,(H,18,20). The van der Waals surface area contributed by atoms with Gasteiger partial charge in [-0.25, -0.2) is 0 Å². The number of rotatable bonds is 3. The van der Waals surface area contributed by atoms with Crippen LogP contribution in [0.2, 0.25) is 10.0 Å². The first-order valence-corrected chi connectivity index (χ1v) is 7.62. The van der Waals surface area contributed by atoms with E-state index in [1.165, 1.54) is 6.92 Å². The zero-order valence-electron chi connectivity index (χ0n) is 10.9. The molecule has 1 atom stereocenters. The summed E-state index contributed by atoms with van der Waals surface area (Å²) in [6, 6.07) is 6.86. The van der Waals surface area contributed by atoms with E-state index in [0.29, 0.717) is 21.5 Å². The van der Waals surface area contributed by atoms with Crippen molar-refractivity contribution in [3.63, 3.8) is 0 Å². The first-order valence-electron chi connectivity index (χ1n) is 5.99. The molecule has 0 bridgehead atoms. The van der Waals surface area contributed by atoms with Gasteiger partial charge in [0.1, 0.15) is 11.6 Å². The molecule has 1 amide bonds. The Bertz CT molecular complexity index is 695. The van der Waals surface area contributed by atoms with E-state index in [1.54, 1.807) is 18.2 Å². The van der Waals surface area contributed by atoms with Crippen molar-refractivity contribution in [2.45, 2.75) is 18.6 Å². The normalized spacial score (nSPS) is 19.9. The predicted octanol–water partition coefficient (Wildman–Crippen LogP) is 3.09. The number of carbonyl (C=O) groups is 2. The quantitative estimate of drug-likeness (QED) is 0.678. The largest absolute Gasteiger partial charge is 0.318 e. The molecule has 0 radical (unpaired) electrons. The Kier molecular flexibility index (Phi) is 4.94. The lowest BCUT2D eigenvalue weighted by molar-refractivity contribution is -0.119. The van der Waals surface area contributed by atoms with Gasteiger partial charge in [-0.2, -0.15) is 5.26 Å². The number of nitriles is 1. The monoisotopic (exact) mass is 340 g/mol. The number of carbonyl (C=O) groups excluding carboxylic acids is 2. The van der Waals surface area contributed by atoms with Crippen LogP contribution in [0.4, 0.5) is 0 Å². The van der Waals surface area contributed by atoms with Gasteiger partial charge in [-0.3, -0.25) is 9.59 Å². The van der Waals surface area contributed by atoms with Gasteiger partial charge in [-0.05, 0) is 37.1 Å². The molecule has 0 aliphatic carbocycles. The maximum atomic E-state index is 12.0. The van der Waals surface area contributed by atoms with Gasteiger partial charge in [0, 0.05) is 10.0 Å². The van der Waals surface area contributed by atoms with Crippen LogP contribution in [0.1, 0.15) is 12.5 Å². The van der Waals surface area contributed by atoms with E-state index in [-0.39, 0.29) is 17.3 Å². The topological polar surface area (TPSA) is 70.0 Å². The lowest BCUT2D eigenvalue weighted by atomic mass is 10.1. The smallest absolute Gasteiger partial charge is 0.238 e. The third-order valence-electron chi connectivity index (χ3n) is 2.89. The number of hydrogen-bond acceptors (Lipinski definition) is 4. The number of Topliss-reactive ketones (excluding diaryl/α,β-unsaturated/α-hetero) is 1. The Morgan fingerprint density at radius 3 is 2.81 bits per heavy atom. The summed E-state index contributed by atoms with van der Waals surface area (Å²) >= 11 is 13.2. The third kappa shape index (κ3) is 3.59. The summed E-state index contributed by atoms with van der Waals surface area (Å²) in [7, 11) is 0. The lowest BCUT2D eigenvalue weighted by Gasteiger charge is -2.08. The van der Waals surface area contributed by atoms with Gasteiger partial charge >= 0.3 is 0 Å². The van der Waals surface area contributed by atoms with Gasteiger partial charge in [-0.1, -0.05) is 35.0 Å². The zero-order valence-corrected chi connectivity index (χ0v) is 13.3. The first-order chi connectivity index (χ1) is 9.92. The predicted molar refractivity (Wildman–Crippen MR) is 83.0 cm³/mol. The van der Waals surface area contributed by atoms with Crippen molar-refractivity contribution in [3.8, 4) is 6.07 Å². The molecule has 0 spiro atoms. The minimum absolute atomic E-state index is 0.0342. The van der Waals surface area contributed by atoms with E-state index >= 15 is 0 Å². The highest BCUT2D eigenvalue weighted by molar-refractivity contribution is 8.04. The average molecular weight is 341 g/mol. The summed E-state index contributed by atoms with van der Waals surface area (Å²) < 4.78 is 0. The second-order valence-corrected chi connectivity index (χ2v) is 6.46. The fraction of sp³-hybridized carbons (Fsp3) is 0.214. The van der Waals surface area contributed by atoms with E-state index in [1.807, 2.05) is 6.07 Å². The van der Waals surface area contributed by atoms with Crippen LogP contribution in [0.3, 0.4) is 0 Å². The molecule has 108 valence electrons. The molecule has 1 aromatic carbocycles.